The third-order valence-electron chi connectivity index (χ3n) is 3.99. The van der Waals surface area contributed by atoms with Crippen molar-refractivity contribution in [3.05, 3.63) is 0 Å². The van der Waals surface area contributed by atoms with Gasteiger partial charge in [0.2, 0.25) is 11.8 Å². The summed E-state index contributed by atoms with van der Waals surface area (Å²) in [6.07, 6.45) is -0.567. The first-order chi connectivity index (χ1) is 8.41. The van der Waals surface area contributed by atoms with Crippen LogP contribution in [0.3, 0.4) is 0 Å². The molecule has 1 aliphatic heterocycles. The van der Waals surface area contributed by atoms with E-state index in [4.69, 9.17) is 0 Å². The lowest BCUT2D eigenvalue weighted by atomic mass is 9.87. The second-order valence-corrected chi connectivity index (χ2v) is 5.20. The molecule has 0 aromatic rings. The second-order valence-electron chi connectivity index (χ2n) is 5.20. The molecule has 2 amide bonds. The lowest BCUT2D eigenvalue weighted by Crippen LogP contribution is -2.71. The molecular weight excluding hydrogens is 242 g/mol. The Morgan fingerprint density at radius 2 is 2.06 bits per heavy atom. The number of hydrogen-bond donors (Lipinski definition) is 1. The van der Waals surface area contributed by atoms with Crippen LogP contribution in [0.5, 0.6) is 0 Å². The maximum absolute atomic E-state index is 12.7. The molecule has 1 saturated heterocycles. The minimum absolute atomic E-state index is 0.0120. The van der Waals surface area contributed by atoms with Crippen molar-refractivity contribution in [3.8, 4) is 0 Å². The summed E-state index contributed by atoms with van der Waals surface area (Å²) in [5, 5.41) is 2.66. The van der Waals surface area contributed by atoms with E-state index >= 15 is 0 Å². The van der Waals surface area contributed by atoms with Crippen molar-refractivity contribution in [2.75, 3.05) is 6.54 Å². The highest BCUT2D eigenvalue weighted by molar-refractivity contribution is 6.00. The lowest BCUT2D eigenvalue weighted by Gasteiger charge is -2.46. The molecule has 2 rings (SSSR count). The van der Waals surface area contributed by atoms with Crippen LogP contribution in [0.1, 0.15) is 33.1 Å². The molecule has 0 aromatic carbocycles. The Balaban J connectivity index is 2.30. The zero-order chi connectivity index (χ0) is 13.5. The maximum Gasteiger partial charge on any atom is 0.255 e. The van der Waals surface area contributed by atoms with Gasteiger partial charge in [-0.2, -0.15) is 0 Å². The van der Waals surface area contributed by atoms with Crippen molar-refractivity contribution in [1.82, 2.24) is 10.2 Å². The van der Waals surface area contributed by atoms with Crippen LogP contribution in [-0.2, 0) is 9.59 Å². The molecular formula is C12H18F2N2O2. The molecule has 18 heavy (non-hydrogen) atoms. The summed E-state index contributed by atoms with van der Waals surface area (Å²) < 4.78 is 25.3. The number of carbonyl (C=O) groups is 2. The highest BCUT2D eigenvalue weighted by Crippen LogP contribution is 2.45. The van der Waals surface area contributed by atoms with Gasteiger partial charge in [0.25, 0.3) is 6.43 Å². The fourth-order valence-electron chi connectivity index (χ4n) is 2.65. The summed E-state index contributed by atoms with van der Waals surface area (Å²) in [7, 11) is 0. The number of rotatable bonds is 4. The van der Waals surface area contributed by atoms with E-state index in [1.807, 2.05) is 0 Å². The van der Waals surface area contributed by atoms with Crippen LogP contribution < -0.4 is 5.32 Å². The number of hydrogen-bond acceptors (Lipinski definition) is 2. The zero-order valence-electron chi connectivity index (χ0n) is 10.6. The summed E-state index contributed by atoms with van der Waals surface area (Å²) >= 11 is 0. The second kappa shape index (κ2) is 4.48. The topological polar surface area (TPSA) is 49.4 Å². The minimum atomic E-state index is -2.62. The van der Waals surface area contributed by atoms with Gasteiger partial charge < -0.3 is 10.2 Å². The average Bonchev–Trinajstić information content (AvgIpc) is 3.13. The van der Waals surface area contributed by atoms with E-state index in [0.717, 1.165) is 17.7 Å². The quantitative estimate of drug-likeness (QED) is 0.824. The predicted octanol–water partition coefficient (Wildman–Crippen LogP) is 1.16. The molecule has 102 valence electrons. The van der Waals surface area contributed by atoms with E-state index < -0.39 is 24.6 Å². The number of amides is 2. The normalized spacial score (nSPS) is 32.9. The number of halogens is 2. The number of alkyl halides is 2. The summed E-state index contributed by atoms with van der Waals surface area (Å²) in [5.74, 6) is -0.665. The Labute approximate surface area is 105 Å². The number of nitrogens with one attached hydrogen (secondary N) is 1. The largest absolute Gasteiger partial charge is 0.342 e. The lowest BCUT2D eigenvalue weighted by molar-refractivity contribution is -0.160. The summed E-state index contributed by atoms with van der Waals surface area (Å²) in [5.41, 5.74) is -1.10. The number of nitrogens with zero attached hydrogens (tertiary/aromatic N) is 1. The van der Waals surface area contributed by atoms with Crippen LogP contribution in [-0.4, -0.2) is 41.3 Å². The predicted molar refractivity (Wildman–Crippen MR) is 61.1 cm³/mol. The first-order valence-corrected chi connectivity index (χ1v) is 6.31. The van der Waals surface area contributed by atoms with Gasteiger partial charge in [-0.15, -0.1) is 0 Å². The molecule has 1 N–H and O–H groups in total. The molecule has 2 unspecified atom stereocenters. The van der Waals surface area contributed by atoms with Crippen molar-refractivity contribution < 1.29 is 18.4 Å². The van der Waals surface area contributed by atoms with Crippen LogP contribution in [0.2, 0.25) is 0 Å². The molecule has 2 fully saturated rings. The SMILES string of the molecule is CCC1NC(=O)C(C)(C2CC2)N(CC(F)F)C1=O. The number of carbonyl (C=O) groups excluding carboxylic acids is 2. The van der Waals surface area contributed by atoms with Crippen molar-refractivity contribution in [3.63, 3.8) is 0 Å². The Morgan fingerprint density at radius 3 is 2.50 bits per heavy atom. The van der Waals surface area contributed by atoms with Crippen LogP contribution in [0.15, 0.2) is 0 Å². The zero-order valence-corrected chi connectivity index (χ0v) is 10.6. The monoisotopic (exact) mass is 260 g/mol. The molecule has 0 radical (unpaired) electrons. The maximum atomic E-state index is 12.7. The molecule has 0 spiro atoms. The highest BCUT2D eigenvalue weighted by Gasteiger charge is 2.57. The Bertz CT molecular complexity index is 371. The van der Waals surface area contributed by atoms with Gasteiger partial charge in [0.1, 0.15) is 11.6 Å². The van der Waals surface area contributed by atoms with Crippen molar-refractivity contribution in [1.29, 1.82) is 0 Å². The third kappa shape index (κ3) is 1.97. The summed E-state index contributed by atoms with van der Waals surface area (Å²) in [4.78, 5) is 25.4. The third-order valence-corrected chi connectivity index (χ3v) is 3.99. The average molecular weight is 260 g/mol. The molecule has 0 aromatic heterocycles. The van der Waals surface area contributed by atoms with Crippen LogP contribution in [0.4, 0.5) is 8.78 Å². The molecule has 1 saturated carbocycles. The molecule has 0 bridgehead atoms. The van der Waals surface area contributed by atoms with E-state index in [1.165, 1.54) is 0 Å². The fraction of sp³-hybridized carbons (Fsp3) is 0.833. The van der Waals surface area contributed by atoms with Gasteiger partial charge in [-0.3, -0.25) is 9.59 Å². The Hall–Kier alpha value is -1.20. The van der Waals surface area contributed by atoms with Gasteiger partial charge in [-0.25, -0.2) is 8.78 Å². The van der Waals surface area contributed by atoms with Crippen LogP contribution in [0.25, 0.3) is 0 Å². The van der Waals surface area contributed by atoms with Crippen LogP contribution >= 0.6 is 0 Å². The first-order valence-electron chi connectivity index (χ1n) is 6.31. The van der Waals surface area contributed by atoms with Gasteiger partial charge in [0.05, 0.1) is 6.54 Å². The minimum Gasteiger partial charge on any atom is -0.342 e. The van der Waals surface area contributed by atoms with Gasteiger partial charge >= 0.3 is 0 Å². The van der Waals surface area contributed by atoms with E-state index in [1.54, 1.807) is 13.8 Å². The number of piperazine rings is 1. The molecule has 6 heteroatoms. The van der Waals surface area contributed by atoms with Gasteiger partial charge in [0.15, 0.2) is 0 Å². The van der Waals surface area contributed by atoms with Gasteiger partial charge in [0, 0.05) is 0 Å². The van der Waals surface area contributed by atoms with Crippen molar-refractivity contribution in [2.24, 2.45) is 5.92 Å². The van der Waals surface area contributed by atoms with E-state index in [9.17, 15) is 18.4 Å². The van der Waals surface area contributed by atoms with E-state index in [-0.39, 0.29) is 17.7 Å². The van der Waals surface area contributed by atoms with Crippen molar-refractivity contribution in [2.45, 2.75) is 51.1 Å². The first kappa shape index (κ1) is 13.2. The molecule has 4 nitrogen and oxygen atoms in total. The molecule has 1 aliphatic carbocycles. The standard InChI is InChI=1S/C12H18F2N2O2/c1-3-8-10(17)16(6-9(13)14)12(2,7-4-5-7)11(18)15-8/h7-9H,3-6H2,1-2H3,(H,15,18). The fourth-order valence-corrected chi connectivity index (χ4v) is 2.65. The Kier molecular flexibility index (Phi) is 3.29. The van der Waals surface area contributed by atoms with Crippen LogP contribution in [0, 0.1) is 5.92 Å². The van der Waals surface area contributed by atoms with Crippen molar-refractivity contribution >= 4 is 11.8 Å². The molecule has 2 atom stereocenters. The Morgan fingerprint density at radius 1 is 1.44 bits per heavy atom. The molecule has 2 aliphatic rings. The van der Waals surface area contributed by atoms with E-state index in [2.05, 4.69) is 5.32 Å². The van der Waals surface area contributed by atoms with Gasteiger partial charge in [-0.05, 0) is 32.1 Å². The molecule has 1 heterocycles. The van der Waals surface area contributed by atoms with E-state index in [0.29, 0.717) is 6.42 Å². The summed E-state index contributed by atoms with van der Waals surface area (Å²) in [6.45, 7) is 2.70. The highest BCUT2D eigenvalue weighted by atomic mass is 19.3. The summed E-state index contributed by atoms with van der Waals surface area (Å²) in [6, 6.07) is -0.664. The van der Waals surface area contributed by atoms with Gasteiger partial charge in [-0.1, -0.05) is 6.92 Å². The smallest absolute Gasteiger partial charge is 0.255 e.